The molecular weight excluding hydrogens is 352 g/mol. The van der Waals surface area contributed by atoms with Crippen LogP contribution in [-0.2, 0) is 0 Å². The molecule has 0 bridgehead atoms. The van der Waals surface area contributed by atoms with E-state index >= 15 is 0 Å². The topological polar surface area (TPSA) is 24.4 Å². The van der Waals surface area contributed by atoms with E-state index in [1.165, 1.54) is 0 Å². The summed E-state index contributed by atoms with van der Waals surface area (Å²) < 4.78 is 2.12. The highest BCUT2D eigenvalue weighted by Crippen LogP contribution is 2.29. The molecule has 0 radical (unpaired) electrons. The summed E-state index contributed by atoms with van der Waals surface area (Å²) in [5.41, 5.74) is 1.05. The molecule has 1 N–H and O–H groups in total. The van der Waals surface area contributed by atoms with Crippen LogP contribution in [0.2, 0.25) is 0 Å². The predicted octanol–water partition coefficient (Wildman–Crippen LogP) is 4.50. The molecule has 0 aromatic heterocycles. The molecule has 1 aromatic rings. The summed E-state index contributed by atoms with van der Waals surface area (Å²) in [6, 6.07) is 6.54. The van der Waals surface area contributed by atoms with E-state index in [1.807, 2.05) is 18.2 Å². The van der Waals surface area contributed by atoms with Crippen molar-refractivity contribution < 1.29 is 0 Å². The van der Waals surface area contributed by atoms with E-state index in [9.17, 15) is 0 Å². The molecule has 0 saturated carbocycles. The summed E-state index contributed by atoms with van der Waals surface area (Å²) in [5.74, 6) is 1.09. The first-order chi connectivity index (χ1) is 7.69. The molecule has 1 aliphatic rings. The Morgan fingerprint density at radius 1 is 1.50 bits per heavy atom. The first-order valence-corrected chi connectivity index (χ1v) is 7.69. The second-order valence-corrected chi connectivity index (χ2v) is 6.34. The molecule has 2 rings (SSSR count). The second kappa shape index (κ2) is 5.56. The van der Waals surface area contributed by atoms with Gasteiger partial charge in [0.2, 0.25) is 0 Å². The van der Waals surface area contributed by atoms with E-state index in [0.29, 0.717) is 6.04 Å². The van der Waals surface area contributed by atoms with Gasteiger partial charge in [0.25, 0.3) is 0 Å². The molecule has 1 aromatic carbocycles. The number of hydrogen-bond donors (Lipinski definition) is 1. The van der Waals surface area contributed by atoms with Crippen molar-refractivity contribution in [3.63, 3.8) is 0 Å². The Labute approximate surface area is 117 Å². The van der Waals surface area contributed by atoms with E-state index in [2.05, 4.69) is 49.1 Å². The van der Waals surface area contributed by atoms with Gasteiger partial charge in [0.1, 0.15) is 0 Å². The Morgan fingerprint density at radius 2 is 2.31 bits per heavy atom. The van der Waals surface area contributed by atoms with Gasteiger partial charge >= 0.3 is 0 Å². The van der Waals surface area contributed by atoms with Gasteiger partial charge in [0.15, 0.2) is 5.17 Å². The second-order valence-electron chi connectivity index (χ2n) is 3.56. The van der Waals surface area contributed by atoms with Gasteiger partial charge in [-0.25, -0.2) is 0 Å². The fourth-order valence-corrected chi connectivity index (χ4v) is 3.17. The maximum atomic E-state index is 4.60. The molecule has 1 atom stereocenters. The average Bonchev–Trinajstić information content (AvgIpc) is 2.71. The molecule has 86 valence electrons. The lowest BCUT2D eigenvalue weighted by Crippen LogP contribution is -2.05. The third-order valence-electron chi connectivity index (χ3n) is 2.35. The number of aliphatic imine (C=N–C) groups is 1. The van der Waals surface area contributed by atoms with Gasteiger partial charge in [-0.2, -0.15) is 0 Å². The largest absolute Gasteiger partial charge is 0.334 e. The Balaban J connectivity index is 2.12. The summed E-state index contributed by atoms with van der Waals surface area (Å²) in [7, 11) is 0. The lowest BCUT2D eigenvalue weighted by Gasteiger charge is -2.07. The van der Waals surface area contributed by atoms with E-state index in [-0.39, 0.29) is 0 Å². The molecule has 0 fully saturated rings. The van der Waals surface area contributed by atoms with Crippen molar-refractivity contribution in [2.75, 3.05) is 11.1 Å². The van der Waals surface area contributed by atoms with Crippen LogP contribution in [0.15, 0.2) is 32.1 Å². The van der Waals surface area contributed by atoms with Crippen LogP contribution in [0, 0.1) is 0 Å². The first kappa shape index (κ1) is 12.5. The summed E-state index contributed by atoms with van der Waals surface area (Å²) in [6.45, 7) is 2.17. The summed E-state index contributed by atoms with van der Waals surface area (Å²) >= 11 is 8.77. The van der Waals surface area contributed by atoms with Gasteiger partial charge in [-0.3, -0.25) is 4.99 Å². The number of anilines is 1. The highest BCUT2D eigenvalue weighted by atomic mass is 79.9. The van der Waals surface area contributed by atoms with E-state index in [0.717, 1.165) is 32.0 Å². The Hall–Kier alpha value is -0.000000000000000111. The number of nitrogens with zero attached hydrogens (tertiary/aromatic N) is 1. The number of benzene rings is 1. The minimum absolute atomic E-state index is 0.471. The number of halogens is 2. The van der Waals surface area contributed by atoms with Crippen LogP contribution in [0.3, 0.4) is 0 Å². The molecule has 0 saturated heterocycles. The fourth-order valence-electron chi connectivity index (χ4n) is 1.40. The smallest absolute Gasteiger partial charge is 0.161 e. The van der Waals surface area contributed by atoms with Crippen molar-refractivity contribution in [1.82, 2.24) is 0 Å². The summed E-state index contributed by atoms with van der Waals surface area (Å²) in [6.07, 6.45) is 1.11. The van der Waals surface area contributed by atoms with Gasteiger partial charge < -0.3 is 5.32 Å². The van der Waals surface area contributed by atoms with Crippen LogP contribution in [0.5, 0.6) is 0 Å². The van der Waals surface area contributed by atoms with Crippen LogP contribution in [-0.4, -0.2) is 17.0 Å². The molecule has 0 amide bonds. The third-order valence-corrected chi connectivity index (χ3v) is 4.57. The van der Waals surface area contributed by atoms with Crippen molar-refractivity contribution in [2.24, 2.45) is 4.99 Å². The van der Waals surface area contributed by atoms with Crippen LogP contribution >= 0.6 is 43.6 Å². The molecule has 0 aliphatic carbocycles. The van der Waals surface area contributed by atoms with Crippen molar-refractivity contribution in [3.05, 3.63) is 27.1 Å². The summed E-state index contributed by atoms with van der Waals surface area (Å²) in [4.78, 5) is 4.60. The number of thioether (sulfide) groups is 1. The zero-order chi connectivity index (χ0) is 11.5. The number of hydrogen-bond acceptors (Lipinski definition) is 3. The monoisotopic (exact) mass is 362 g/mol. The molecular formula is C11H12Br2N2S. The molecule has 1 unspecified atom stereocenters. The predicted molar refractivity (Wildman–Crippen MR) is 79.4 cm³/mol. The average molecular weight is 364 g/mol. The van der Waals surface area contributed by atoms with Crippen LogP contribution in [0.25, 0.3) is 0 Å². The lowest BCUT2D eigenvalue weighted by atomic mass is 10.3. The normalized spacial score (nSPS) is 19.7. The van der Waals surface area contributed by atoms with Gasteiger partial charge in [-0.15, -0.1) is 0 Å². The lowest BCUT2D eigenvalue weighted by molar-refractivity contribution is 0.738. The minimum atomic E-state index is 0.471. The molecule has 16 heavy (non-hydrogen) atoms. The zero-order valence-corrected chi connectivity index (χ0v) is 12.8. The Kier molecular flexibility index (Phi) is 4.33. The minimum Gasteiger partial charge on any atom is -0.334 e. The zero-order valence-electron chi connectivity index (χ0n) is 8.84. The molecule has 1 aliphatic heterocycles. The highest BCUT2D eigenvalue weighted by Gasteiger charge is 2.16. The molecule has 5 heteroatoms. The van der Waals surface area contributed by atoms with E-state index in [4.69, 9.17) is 0 Å². The van der Waals surface area contributed by atoms with Crippen LogP contribution < -0.4 is 5.32 Å². The quantitative estimate of drug-likeness (QED) is 0.836. The van der Waals surface area contributed by atoms with E-state index < -0.39 is 0 Å². The van der Waals surface area contributed by atoms with Crippen molar-refractivity contribution >= 4 is 54.5 Å². The standard InChI is InChI=1S/C11H12Br2N2S/c1-2-8-6-16-11(14-8)15-10-5-7(12)3-4-9(10)13/h3-5,8H,2,6H2,1H3,(H,14,15). The third kappa shape index (κ3) is 3.02. The summed E-state index contributed by atoms with van der Waals surface area (Å²) in [5, 5.41) is 4.37. The van der Waals surface area contributed by atoms with Gasteiger partial charge in [0, 0.05) is 14.7 Å². The van der Waals surface area contributed by atoms with Crippen molar-refractivity contribution in [1.29, 1.82) is 0 Å². The fraction of sp³-hybridized carbons (Fsp3) is 0.364. The Morgan fingerprint density at radius 3 is 3.00 bits per heavy atom. The maximum Gasteiger partial charge on any atom is 0.161 e. The highest BCUT2D eigenvalue weighted by molar-refractivity contribution is 9.11. The van der Waals surface area contributed by atoms with Gasteiger partial charge in [-0.1, -0.05) is 34.6 Å². The SMILES string of the molecule is CCC1CSC(Nc2cc(Br)ccc2Br)=N1. The van der Waals surface area contributed by atoms with Crippen LogP contribution in [0.1, 0.15) is 13.3 Å². The van der Waals surface area contributed by atoms with Crippen molar-refractivity contribution in [2.45, 2.75) is 19.4 Å². The maximum absolute atomic E-state index is 4.60. The molecule has 0 spiro atoms. The van der Waals surface area contributed by atoms with Gasteiger partial charge in [-0.05, 0) is 40.5 Å². The molecule has 1 heterocycles. The number of rotatable bonds is 2. The van der Waals surface area contributed by atoms with Crippen molar-refractivity contribution in [3.8, 4) is 0 Å². The Bertz CT molecular complexity index is 420. The van der Waals surface area contributed by atoms with E-state index in [1.54, 1.807) is 11.8 Å². The number of nitrogens with one attached hydrogen (secondary N) is 1. The number of amidine groups is 1. The van der Waals surface area contributed by atoms with Crippen LogP contribution in [0.4, 0.5) is 5.69 Å². The van der Waals surface area contributed by atoms with Gasteiger partial charge in [0.05, 0.1) is 11.7 Å². The first-order valence-electron chi connectivity index (χ1n) is 5.11. The molecule has 2 nitrogen and oxygen atoms in total.